The zero-order valence-corrected chi connectivity index (χ0v) is 15.4. The molecule has 28 heavy (non-hydrogen) atoms. The van der Waals surface area contributed by atoms with E-state index in [1.54, 1.807) is 4.90 Å². The molecule has 1 aromatic carbocycles. The number of carbonyl (C=O) groups is 1. The molecule has 0 unspecified atom stereocenters. The van der Waals surface area contributed by atoms with Crippen LogP contribution in [0.5, 0.6) is 0 Å². The van der Waals surface area contributed by atoms with Gasteiger partial charge in [-0.05, 0) is 24.3 Å². The van der Waals surface area contributed by atoms with Crippen LogP contribution in [-0.4, -0.2) is 73.5 Å². The van der Waals surface area contributed by atoms with Crippen molar-refractivity contribution in [3.63, 3.8) is 0 Å². The van der Waals surface area contributed by atoms with E-state index in [4.69, 9.17) is 4.74 Å². The quantitative estimate of drug-likeness (QED) is 0.794. The first-order valence-electron chi connectivity index (χ1n) is 9.27. The maximum atomic E-state index is 13.9. The Labute approximate surface area is 161 Å². The van der Waals surface area contributed by atoms with Crippen LogP contribution in [0, 0.1) is 11.6 Å². The summed E-state index contributed by atoms with van der Waals surface area (Å²) in [5.41, 5.74) is -0.107. The van der Waals surface area contributed by atoms with Gasteiger partial charge in [-0.25, -0.2) is 8.78 Å². The SMILES string of the molecule is O=C(c1ccc(F)cc1F)N1CCN(c2ccc(N3CCOCC3)nn2)CC1. The number of ether oxygens (including phenoxy) is 1. The van der Waals surface area contributed by atoms with E-state index in [2.05, 4.69) is 15.1 Å². The van der Waals surface area contributed by atoms with E-state index in [1.807, 2.05) is 17.0 Å². The average molecular weight is 389 g/mol. The molecule has 7 nitrogen and oxygen atoms in total. The third kappa shape index (κ3) is 3.89. The summed E-state index contributed by atoms with van der Waals surface area (Å²) >= 11 is 0. The van der Waals surface area contributed by atoms with Crippen LogP contribution < -0.4 is 9.80 Å². The zero-order valence-electron chi connectivity index (χ0n) is 15.4. The summed E-state index contributed by atoms with van der Waals surface area (Å²) in [6, 6.07) is 6.89. The van der Waals surface area contributed by atoms with E-state index < -0.39 is 17.5 Å². The molecule has 2 saturated heterocycles. The maximum Gasteiger partial charge on any atom is 0.256 e. The molecule has 9 heteroatoms. The van der Waals surface area contributed by atoms with Crippen molar-refractivity contribution in [1.82, 2.24) is 15.1 Å². The van der Waals surface area contributed by atoms with Crippen LogP contribution in [0.1, 0.15) is 10.4 Å². The van der Waals surface area contributed by atoms with E-state index in [1.165, 1.54) is 6.07 Å². The van der Waals surface area contributed by atoms with E-state index >= 15 is 0 Å². The number of benzene rings is 1. The van der Waals surface area contributed by atoms with Gasteiger partial charge in [0.25, 0.3) is 5.91 Å². The fourth-order valence-corrected chi connectivity index (χ4v) is 3.42. The third-order valence-electron chi connectivity index (χ3n) is 5.02. The fourth-order valence-electron chi connectivity index (χ4n) is 3.42. The Morgan fingerprint density at radius 1 is 0.857 bits per heavy atom. The predicted molar refractivity (Wildman–Crippen MR) is 99.5 cm³/mol. The molecule has 0 radical (unpaired) electrons. The Bertz CT molecular complexity index is 835. The molecule has 0 spiro atoms. The summed E-state index contributed by atoms with van der Waals surface area (Å²) in [5, 5.41) is 8.63. The van der Waals surface area contributed by atoms with Gasteiger partial charge in [0.2, 0.25) is 0 Å². The molecular weight excluding hydrogens is 368 g/mol. The number of amides is 1. The minimum absolute atomic E-state index is 0.107. The van der Waals surface area contributed by atoms with Crippen molar-refractivity contribution < 1.29 is 18.3 Å². The van der Waals surface area contributed by atoms with Crippen molar-refractivity contribution in [2.75, 3.05) is 62.3 Å². The van der Waals surface area contributed by atoms with Crippen LogP contribution in [0.4, 0.5) is 20.4 Å². The number of anilines is 2. The van der Waals surface area contributed by atoms with Crippen LogP contribution in [-0.2, 0) is 4.74 Å². The number of morpholine rings is 1. The van der Waals surface area contributed by atoms with Gasteiger partial charge in [-0.15, -0.1) is 10.2 Å². The predicted octanol–water partition coefficient (Wildman–Crippen LogP) is 1.55. The van der Waals surface area contributed by atoms with Gasteiger partial charge in [0, 0.05) is 45.3 Å². The molecule has 3 heterocycles. The van der Waals surface area contributed by atoms with Crippen LogP contribution >= 0.6 is 0 Å². The number of carbonyl (C=O) groups excluding carboxylic acids is 1. The first-order chi connectivity index (χ1) is 13.6. The highest BCUT2D eigenvalue weighted by molar-refractivity contribution is 5.94. The summed E-state index contributed by atoms with van der Waals surface area (Å²) in [6.45, 7) is 4.98. The van der Waals surface area contributed by atoms with Crippen LogP contribution in [0.2, 0.25) is 0 Å². The van der Waals surface area contributed by atoms with Gasteiger partial charge < -0.3 is 19.4 Å². The number of aromatic nitrogens is 2. The lowest BCUT2D eigenvalue weighted by Crippen LogP contribution is -2.49. The van der Waals surface area contributed by atoms with Gasteiger partial charge in [-0.1, -0.05) is 0 Å². The molecule has 1 aromatic heterocycles. The Morgan fingerprint density at radius 3 is 2.04 bits per heavy atom. The highest BCUT2D eigenvalue weighted by Gasteiger charge is 2.25. The normalized spacial score (nSPS) is 17.7. The second-order valence-electron chi connectivity index (χ2n) is 6.75. The van der Waals surface area contributed by atoms with Crippen molar-refractivity contribution in [3.8, 4) is 0 Å². The van der Waals surface area contributed by atoms with Crippen LogP contribution in [0.25, 0.3) is 0 Å². The van der Waals surface area contributed by atoms with Crippen LogP contribution in [0.3, 0.4) is 0 Å². The molecule has 4 rings (SSSR count). The standard InChI is InChI=1S/C19H21F2N5O2/c20-14-1-2-15(16(21)13-14)19(27)26-7-5-24(6-8-26)17-3-4-18(23-22-17)25-9-11-28-12-10-25/h1-4,13H,5-12H2. The Morgan fingerprint density at radius 2 is 1.46 bits per heavy atom. The molecule has 0 saturated carbocycles. The van der Waals surface area contributed by atoms with Gasteiger partial charge in [0.15, 0.2) is 11.6 Å². The smallest absolute Gasteiger partial charge is 0.256 e. The summed E-state index contributed by atoms with van der Waals surface area (Å²) < 4.78 is 32.2. The Kier molecular flexibility index (Phi) is 5.34. The highest BCUT2D eigenvalue weighted by atomic mass is 19.1. The summed E-state index contributed by atoms with van der Waals surface area (Å²) in [4.78, 5) is 18.2. The summed E-state index contributed by atoms with van der Waals surface area (Å²) in [6.07, 6.45) is 0. The van der Waals surface area contributed by atoms with E-state index in [0.717, 1.165) is 36.9 Å². The number of nitrogens with zero attached hydrogens (tertiary/aromatic N) is 5. The monoisotopic (exact) mass is 389 g/mol. The number of hydrogen-bond donors (Lipinski definition) is 0. The molecule has 2 aromatic rings. The van der Waals surface area contributed by atoms with E-state index in [0.29, 0.717) is 39.4 Å². The lowest BCUT2D eigenvalue weighted by molar-refractivity contribution is 0.0741. The van der Waals surface area contributed by atoms with Crippen molar-refractivity contribution in [3.05, 3.63) is 47.5 Å². The molecular formula is C19H21F2N5O2. The van der Waals surface area contributed by atoms with Crippen molar-refractivity contribution >= 4 is 17.5 Å². The molecule has 2 aliphatic rings. The van der Waals surface area contributed by atoms with Gasteiger partial charge in [0.1, 0.15) is 11.6 Å². The second kappa shape index (κ2) is 8.05. The molecule has 0 atom stereocenters. The third-order valence-corrected chi connectivity index (χ3v) is 5.02. The molecule has 0 bridgehead atoms. The first-order valence-corrected chi connectivity index (χ1v) is 9.27. The average Bonchev–Trinajstić information content (AvgIpc) is 2.74. The summed E-state index contributed by atoms with van der Waals surface area (Å²) in [5.74, 6) is -0.384. The minimum atomic E-state index is -0.836. The lowest BCUT2D eigenvalue weighted by Gasteiger charge is -2.35. The highest BCUT2D eigenvalue weighted by Crippen LogP contribution is 2.19. The zero-order chi connectivity index (χ0) is 19.5. The number of hydrogen-bond acceptors (Lipinski definition) is 6. The fraction of sp³-hybridized carbons (Fsp3) is 0.421. The van der Waals surface area contributed by atoms with Gasteiger partial charge >= 0.3 is 0 Å². The molecule has 148 valence electrons. The maximum absolute atomic E-state index is 13.9. The van der Waals surface area contributed by atoms with Crippen molar-refractivity contribution in [1.29, 1.82) is 0 Å². The number of halogens is 2. The molecule has 0 N–H and O–H groups in total. The lowest BCUT2D eigenvalue weighted by atomic mass is 10.1. The molecule has 0 aliphatic carbocycles. The summed E-state index contributed by atoms with van der Waals surface area (Å²) in [7, 11) is 0. The van der Waals surface area contributed by atoms with E-state index in [9.17, 15) is 13.6 Å². The topological polar surface area (TPSA) is 61.8 Å². The van der Waals surface area contributed by atoms with Crippen molar-refractivity contribution in [2.45, 2.75) is 0 Å². The van der Waals surface area contributed by atoms with Gasteiger partial charge in [0.05, 0.1) is 18.8 Å². The van der Waals surface area contributed by atoms with Crippen molar-refractivity contribution in [2.24, 2.45) is 0 Å². The second-order valence-corrected chi connectivity index (χ2v) is 6.75. The number of rotatable bonds is 3. The molecule has 1 amide bonds. The van der Waals surface area contributed by atoms with Crippen LogP contribution in [0.15, 0.2) is 30.3 Å². The molecule has 2 aliphatic heterocycles. The largest absolute Gasteiger partial charge is 0.378 e. The Balaban J connectivity index is 1.36. The van der Waals surface area contributed by atoms with Gasteiger partial charge in [-0.3, -0.25) is 4.79 Å². The first kappa shape index (κ1) is 18.5. The van der Waals surface area contributed by atoms with E-state index in [-0.39, 0.29) is 5.56 Å². The number of piperazine rings is 1. The minimum Gasteiger partial charge on any atom is -0.378 e. The Hall–Kier alpha value is -2.81. The molecule has 2 fully saturated rings. The van der Waals surface area contributed by atoms with Gasteiger partial charge in [-0.2, -0.15) is 0 Å².